The van der Waals surface area contributed by atoms with Gasteiger partial charge in [-0.1, -0.05) is 20.8 Å². The zero-order valence-electron chi connectivity index (χ0n) is 12.2. The Labute approximate surface area is 110 Å². The predicted octanol–water partition coefficient (Wildman–Crippen LogP) is 1.80. The molecule has 1 aliphatic rings. The zero-order chi connectivity index (χ0) is 13.9. The normalized spacial score (nSPS) is 19.5. The van der Waals surface area contributed by atoms with Gasteiger partial charge in [0.15, 0.2) is 0 Å². The van der Waals surface area contributed by atoms with Crippen LogP contribution in [0.3, 0.4) is 0 Å². The Hall–Kier alpha value is -1.06. The van der Waals surface area contributed by atoms with E-state index in [2.05, 4.69) is 26.1 Å². The lowest BCUT2D eigenvalue weighted by atomic mass is 9.87. The van der Waals surface area contributed by atoms with E-state index >= 15 is 0 Å². The van der Waals surface area contributed by atoms with Crippen LogP contribution in [0, 0.1) is 11.3 Å². The monoisotopic (exact) mass is 254 g/mol. The van der Waals surface area contributed by atoms with Gasteiger partial charge in [-0.2, -0.15) is 0 Å². The molecule has 2 amide bonds. The van der Waals surface area contributed by atoms with Crippen LogP contribution >= 0.6 is 0 Å². The van der Waals surface area contributed by atoms with E-state index in [0.717, 1.165) is 12.8 Å². The van der Waals surface area contributed by atoms with Gasteiger partial charge in [0.05, 0.1) is 0 Å². The Morgan fingerprint density at radius 1 is 1.22 bits per heavy atom. The maximum absolute atomic E-state index is 12.1. The fraction of sp³-hybridized carbons (Fsp3) is 0.857. The van der Waals surface area contributed by atoms with Crippen molar-refractivity contribution in [1.29, 1.82) is 0 Å². The molecule has 0 spiro atoms. The third kappa shape index (κ3) is 4.00. The van der Waals surface area contributed by atoms with Crippen LogP contribution in [0.1, 0.15) is 47.5 Å². The molecule has 1 saturated heterocycles. The molecule has 0 radical (unpaired) electrons. The van der Waals surface area contributed by atoms with Gasteiger partial charge < -0.3 is 10.2 Å². The maximum atomic E-state index is 12.1. The van der Waals surface area contributed by atoms with Crippen LogP contribution in [0.2, 0.25) is 0 Å². The lowest BCUT2D eigenvalue weighted by molar-refractivity contribution is -0.134. The predicted molar refractivity (Wildman–Crippen MR) is 72.0 cm³/mol. The average Bonchev–Trinajstić information content (AvgIpc) is 2.27. The largest absolute Gasteiger partial charge is 0.353 e. The summed E-state index contributed by atoms with van der Waals surface area (Å²) in [5.74, 6) is 0.308. The highest BCUT2D eigenvalue weighted by molar-refractivity contribution is 5.79. The van der Waals surface area contributed by atoms with Gasteiger partial charge in [0.25, 0.3) is 0 Å². The molecule has 1 atom stereocenters. The summed E-state index contributed by atoms with van der Waals surface area (Å²) in [5.41, 5.74) is 0.0791. The molecule has 4 heteroatoms. The first-order chi connectivity index (χ1) is 8.21. The molecule has 18 heavy (non-hydrogen) atoms. The van der Waals surface area contributed by atoms with Crippen molar-refractivity contribution in [2.45, 2.75) is 53.5 Å². The van der Waals surface area contributed by atoms with Gasteiger partial charge in [-0.25, -0.2) is 0 Å². The van der Waals surface area contributed by atoms with Gasteiger partial charge in [0, 0.05) is 32.0 Å². The summed E-state index contributed by atoms with van der Waals surface area (Å²) in [6.07, 6.45) is 1.56. The summed E-state index contributed by atoms with van der Waals surface area (Å²) < 4.78 is 0. The Morgan fingerprint density at radius 3 is 2.11 bits per heavy atom. The van der Waals surface area contributed by atoms with Crippen LogP contribution in [0.5, 0.6) is 0 Å². The lowest BCUT2D eigenvalue weighted by Gasteiger charge is -2.33. The fourth-order valence-electron chi connectivity index (χ4n) is 2.00. The first-order valence-electron chi connectivity index (χ1n) is 6.77. The van der Waals surface area contributed by atoms with E-state index in [1.54, 1.807) is 6.92 Å². The molecule has 104 valence electrons. The number of nitrogens with zero attached hydrogens (tertiary/aromatic N) is 1. The van der Waals surface area contributed by atoms with Gasteiger partial charge in [-0.3, -0.25) is 9.59 Å². The molecule has 1 heterocycles. The molecule has 1 fully saturated rings. The minimum atomic E-state index is 0.0606. The van der Waals surface area contributed by atoms with Crippen LogP contribution in [0.15, 0.2) is 0 Å². The number of rotatable bonds is 2. The smallest absolute Gasteiger partial charge is 0.223 e. The van der Waals surface area contributed by atoms with Crippen LogP contribution in [0.4, 0.5) is 0 Å². The summed E-state index contributed by atoms with van der Waals surface area (Å²) in [7, 11) is 0. The summed E-state index contributed by atoms with van der Waals surface area (Å²) in [6.45, 7) is 11.4. The molecule has 1 N–H and O–H groups in total. The summed E-state index contributed by atoms with van der Waals surface area (Å²) in [4.78, 5) is 25.1. The van der Waals surface area contributed by atoms with Crippen LogP contribution in [-0.2, 0) is 9.59 Å². The van der Waals surface area contributed by atoms with Crippen LogP contribution < -0.4 is 5.32 Å². The topological polar surface area (TPSA) is 49.4 Å². The molecule has 4 nitrogen and oxygen atoms in total. The molecular formula is C14H26N2O2. The van der Waals surface area contributed by atoms with Crippen molar-refractivity contribution < 1.29 is 9.59 Å². The van der Waals surface area contributed by atoms with E-state index < -0.39 is 0 Å². The second kappa shape index (κ2) is 5.72. The quantitative estimate of drug-likeness (QED) is 0.817. The van der Waals surface area contributed by atoms with E-state index in [9.17, 15) is 9.59 Å². The molecule has 1 rings (SSSR count). The van der Waals surface area contributed by atoms with Gasteiger partial charge in [-0.15, -0.1) is 0 Å². The second-order valence-electron chi connectivity index (χ2n) is 6.38. The van der Waals surface area contributed by atoms with Crippen molar-refractivity contribution in [3.63, 3.8) is 0 Å². The third-order valence-corrected chi connectivity index (χ3v) is 3.97. The number of carbonyl (C=O) groups excluding carboxylic acids is 2. The number of hydrogen-bond acceptors (Lipinski definition) is 2. The fourth-order valence-corrected chi connectivity index (χ4v) is 2.00. The van der Waals surface area contributed by atoms with E-state index in [-0.39, 0.29) is 29.2 Å². The third-order valence-electron chi connectivity index (χ3n) is 3.97. The summed E-state index contributed by atoms with van der Waals surface area (Å²) in [6, 6.07) is 0.163. The van der Waals surface area contributed by atoms with E-state index in [4.69, 9.17) is 0 Å². The van der Waals surface area contributed by atoms with Gasteiger partial charge in [-0.05, 0) is 25.2 Å². The van der Waals surface area contributed by atoms with Gasteiger partial charge in [0.2, 0.25) is 11.8 Å². The maximum Gasteiger partial charge on any atom is 0.223 e. The number of amides is 2. The number of likely N-dealkylation sites (tertiary alicyclic amines) is 1. The number of carbonyl (C=O) groups is 2. The zero-order valence-corrected chi connectivity index (χ0v) is 12.2. The van der Waals surface area contributed by atoms with Gasteiger partial charge in [0.1, 0.15) is 0 Å². The standard InChI is InChI=1S/C14H26N2O2/c1-10(14(3,4)5)15-13(18)12-6-8-16(9-7-12)11(2)17/h10,12H,6-9H2,1-5H3,(H,15,18)/t10-/m1/s1. The highest BCUT2D eigenvalue weighted by Gasteiger charge is 2.29. The van der Waals surface area contributed by atoms with Crippen molar-refractivity contribution in [3.05, 3.63) is 0 Å². The Bertz CT molecular complexity index is 312. The van der Waals surface area contributed by atoms with Crippen molar-refractivity contribution in [2.75, 3.05) is 13.1 Å². The summed E-state index contributed by atoms with van der Waals surface area (Å²) >= 11 is 0. The number of nitrogens with one attached hydrogen (secondary N) is 1. The van der Waals surface area contributed by atoms with Crippen molar-refractivity contribution in [3.8, 4) is 0 Å². The highest BCUT2D eigenvalue weighted by atomic mass is 16.2. The van der Waals surface area contributed by atoms with E-state index in [0.29, 0.717) is 13.1 Å². The SMILES string of the molecule is CC(=O)N1CCC(C(=O)N[C@H](C)C(C)(C)C)CC1. The molecule has 0 aromatic heterocycles. The van der Waals surface area contributed by atoms with Crippen molar-refractivity contribution in [1.82, 2.24) is 10.2 Å². The Kier molecular flexibility index (Phi) is 4.77. The molecule has 0 aromatic rings. The van der Waals surface area contributed by atoms with Crippen molar-refractivity contribution in [2.24, 2.45) is 11.3 Å². The Morgan fingerprint density at radius 2 is 1.72 bits per heavy atom. The second-order valence-corrected chi connectivity index (χ2v) is 6.38. The minimum Gasteiger partial charge on any atom is -0.353 e. The van der Waals surface area contributed by atoms with Crippen molar-refractivity contribution >= 4 is 11.8 Å². The lowest BCUT2D eigenvalue weighted by Crippen LogP contribution is -2.47. The van der Waals surface area contributed by atoms with Gasteiger partial charge >= 0.3 is 0 Å². The van der Waals surface area contributed by atoms with E-state index in [1.165, 1.54) is 0 Å². The molecule has 0 aliphatic carbocycles. The first-order valence-corrected chi connectivity index (χ1v) is 6.77. The molecule has 0 aromatic carbocycles. The molecule has 0 saturated carbocycles. The molecule has 0 unspecified atom stereocenters. The number of hydrogen-bond donors (Lipinski definition) is 1. The highest BCUT2D eigenvalue weighted by Crippen LogP contribution is 2.21. The average molecular weight is 254 g/mol. The number of piperidine rings is 1. The first kappa shape index (κ1) is 15.0. The molecule has 0 bridgehead atoms. The van der Waals surface area contributed by atoms with E-state index in [1.807, 2.05) is 11.8 Å². The van der Waals surface area contributed by atoms with Crippen LogP contribution in [-0.4, -0.2) is 35.8 Å². The molecular weight excluding hydrogens is 228 g/mol. The summed E-state index contributed by atoms with van der Waals surface area (Å²) in [5, 5.41) is 3.09. The van der Waals surface area contributed by atoms with Crippen LogP contribution in [0.25, 0.3) is 0 Å². The Balaban J connectivity index is 2.43. The molecule has 1 aliphatic heterocycles. The minimum absolute atomic E-state index is 0.0606.